The number of ether oxygens (including phenoxy) is 3. The molecule has 0 bridgehead atoms. The smallest absolute Gasteiger partial charge is 0.338 e. The van der Waals surface area contributed by atoms with Crippen LogP contribution in [-0.4, -0.2) is 25.3 Å². The Kier molecular flexibility index (Phi) is 24.9. The topological polar surface area (TPSA) is 44.8 Å². The van der Waals surface area contributed by atoms with Gasteiger partial charge in [-0.3, -0.25) is 0 Å². The average Bonchev–Trinajstić information content (AvgIpc) is 3.66. The molecule has 0 N–H and O–H groups in total. The molecule has 0 spiro atoms. The second-order valence-corrected chi connectivity index (χ2v) is 23.7. The van der Waals surface area contributed by atoms with Crippen molar-refractivity contribution in [3.05, 3.63) is 35.4 Å². The summed E-state index contributed by atoms with van der Waals surface area (Å²) < 4.78 is 19.2. The second-order valence-electron chi connectivity index (χ2n) is 23.7. The van der Waals surface area contributed by atoms with Crippen LogP contribution in [-0.2, 0) is 4.74 Å². The molecule has 1 aromatic carbocycles. The summed E-state index contributed by atoms with van der Waals surface area (Å²) in [7, 11) is 0. The van der Waals surface area contributed by atoms with Crippen molar-refractivity contribution in [2.75, 3.05) is 13.2 Å². The number of hydrogen-bond acceptors (Lipinski definition) is 4. The van der Waals surface area contributed by atoms with E-state index in [2.05, 4.69) is 54.5 Å². The van der Waals surface area contributed by atoms with Gasteiger partial charge in [-0.05, 0) is 116 Å². The third-order valence-corrected chi connectivity index (χ3v) is 18.2. The lowest BCUT2D eigenvalue weighted by molar-refractivity contribution is -0.0594. The van der Waals surface area contributed by atoms with Gasteiger partial charge in [0.1, 0.15) is 17.6 Å². The normalized spacial score (nSPS) is 26.4. The Bertz CT molecular complexity index is 1460. The van der Waals surface area contributed by atoms with Gasteiger partial charge in [-0.15, -0.1) is 0 Å². The summed E-state index contributed by atoms with van der Waals surface area (Å²) in [6, 6.07) is 5.83. The fourth-order valence-corrected chi connectivity index (χ4v) is 14.1. The van der Waals surface area contributed by atoms with Crippen molar-refractivity contribution in [2.24, 2.45) is 46.3 Å². The van der Waals surface area contributed by atoms with Gasteiger partial charge in [0, 0.05) is 12.5 Å². The molecule has 4 aliphatic carbocycles. The maximum Gasteiger partial charge on any atom is 0.338 e. The molecule has 0 heterocycles. The van der Waals surface area contributed by atoms with E-state index in [1.165, 1.54) is 193 Å². The molecule has 66 heavy (non-hydrogen) atoms. The lowest BCUT2D eigenvalue weighted by atomic mass is 9.47. The van der Waals surface area contributed by atoms with E-state index in [9.17, 15) is 4.79 Å². The summed E-state index contributed by atoms with van der Waals surface area (Å²) in [4.78, 5) is 14.1. The largest absolute Gasteiger partial charge is 0.493 e. The van der Waals surface area contributed by atoms with Crippen molar-refractivity contribution in [3.8, 4) is 11.5 Å². The van der Waals surface area contributed by atoms with E-state index in [1.54, 1.807) is 5.57 Å². The zero-order valence-corrected chi connectivity index (χ0v) is 44.6. The van der Waals surface area contributed by atoms with Crippen LogP contribution >= 0.6 is 0 Å². The number of fused-ring (bicyclic) bond motifs is 5. The van der Waals surface area contributed by atoms with Crippen LogP contribution in [0.25, 0.3) is 0 Å². The SMILES string of the molecule is CCCCCCCCCCCCCCOc1cc(OCCCCCCCCCCCCCC)cc(C(=O)O[C@H]2CC[C@@]3(C)C(=CC[C@H]4[C@@H]5CC[C@H]([C@H](C)CCCC(C)C)[C@@]5(C)CC[C@@H]43)C2)c1. The quantitative estimate of drug-likeness (QED) is 0.0387. The zero-order chi connectivity index (χ0) is 47.0. The van der Waals surface area contributed by atoms with E-state index in [1.807, 2.05) is 18.2 Å². The van der Waals surface area contributed by atoms with E-state index in [4.69, 9.17) is 14.2 Å². The monoisotopic (exact) mass is 915 g/mol. The zero-order valence-electron chi connectivity index (χ0n) is 44.6. The Morgan fingerprint density at radius 1 is 0.591 bits per heavy atom. The highest BCUT2D eigenvalue weighted by atomic mass is 16.5. The van der Waals surface area contributed by atoms with Crippen LogP contribution in [0.2, 0.25) is 0 Å². The molecule has 0 aliphatic heterocycles. The van der Waals surface area contributed by atoms with Crippen molar-refractivity contribution in [2.45, 2.75) is 279 Å². The lowest BCUT2D eigenvalue weighted by Crippen LogP contribution is -2.51. The molecule has 0 radical (unpaired) electrons. The molecule has 3 saturated carbocycles. The van der Waals surface area contributed by atoms with E-state index >= 15 is 0 Å². The highest BCUT2D eigenvalue weighted by molar-refractivity contribution is 5.90. The van der Waals surface area contributed by atoms with Crippen LogP contribution in [0.5, 0.6) is 11.5 Å². The fourth-order valence-electron chi connectivity index (χ4n) is 14.1. The molecule has 1 aromatic rings. The summed E-state index contributed by atoms with van der Waals surface area (Å²) in [6.45, 7) is 18.6. The van der Waals surface area contributed by atoms with Crippen molar-refractivity contribution in [1.29, 1.82) is 0 Å². The first-order valence-electron chi connectivity index (χ1n) is 29.4. The molecule has 0 amide bonds. The molecule has 4 heteroatoms. The van der Waals surface area contributed by atoms with Crippen LogP contribution in [0.4, 0.5) is 0 Å². The van der Waals surface area contributed by atoms with Crippen molar-refractivity contribution in [1.82, 2.24) is 0 Å². The molecule has 0 unspecified atom stereocenters. The maximum atomic E-state index is 14.1. The van der Waals surface area contributed by atoms with Gasteiger partial charge < -0.3 is 14.2 Å². The minimum absolute atomic E-state index is 0.0687. The molecular weight excluding hydrogens is 809 g/mol. The number of benzene rings is 1. The molecule has 8 atom stereocenters. The van der Waals surface area contributed by atoms with Gasteiger partial charge in [-0.2, -0.15) is 0 Å². The van der Waals surface area contributed by atoms with E-state index < -0.39 is 0 Å². The predicted octanol–water partition coefficient (Wildman–Crippen LogP) is 19.4. The summed E-state index contributed by atoms with van der Waals surface area (Å²) in [6.07, 6.45) is 48.4. The highest BCUT2D eigenvalue weighted by Crippen LogP contribution is 2.67. The van der Waals surface area contributed by atoms with Crippen LogP contribution in [0.15, 0.2) is 29.8 Å². The molecule has 3 fully saturated rings. The van der Waals surface area contributed by atoms with Gasteiger partial charge in [-0.1, -0.05) is 221 Å². The predicted molar refractivity (Wildman–Crippen MR) is 282 cm³/mol. The second kappa shape index (κ2) is 29.9. The number of esters is 1. The van der Waals surface area contributed by atoms with E-state index in [0.29, 0.717) is 24.2 Å². The number of allylic oxidation sites excluding steroid dienone is 1. The Balaban J connectivity index is 1.10. The summed E-state index contributed by atoms with van der Waals surface area (Å²) in [5.74, 6) is 6.25. The minimum Gasteiger partial charge on any atom is -0.493 e. The number of rotatable bonds is 35. The van der Waals surface area contributed by atoms with Gasteiger partial charge in [0.25, 0.3) is 0 Å². The molecule has 5 rings (SSSR count). The molecule has 4 aliphatic rings. The first kappa shape index (κ1) is 55.0. The number of unbranched alkanes of at least 4 members (excludes halogenated alkanes) is 22. The minimum atomic E-state index is -0.225. The van der Waals surface area contributed by atoms with Gasteiger partial charge in [0.2, 0.25) is 0 Å². The first-order valence-corrected chi connectivity index (χ1v) is 29.4. The van der Waals surface area contributed by atoms with Crippen LogP contribution in [0, 0.1) is 46.3 Å². The number of carbonyl (C=O) groups excluding carboxylic acids is 1. The highest BCUT2D eigenvalue weighted by Gasteiger charge is 2.59. The van der Waals surface area contributed by atoms with Gasteiger partial charge in [-0.25, -0.2) is 4.79 Å². The van der Waals surface area contributed by atoms with Crippen molar-refractivity contribution >= 4 is 5.97 Å². The van der Waals surface area contributed by atoms with Crippen molar-refractivity contribution in [3.63, 3.8) is 0 Å². The van der Waals surface area contributed by atoms with Gasteiger partial charge >= 0.3 is 5.97 Å². The first-order chi connectivity index (χ1) is 32.1. The molecule has 378 valence electrons. The molecular formula is C62H106O4. The van der Waals surface area contributed by atoms with Crippen LogP contribution in [0.1, 0.15) is 284 Å². The molecule has 0 aromatic heterocycles. The molecule has 4 nitrogen and oxygen atoms in total. The Morgan fingerprint density at radius 2 is 1.11 bits per heavy atom. The third kappa shape index (κ3) is 17.2. The van der Waals surface area contributed by atoms with E-state index in [-0.39, 0.29) is 17.5 Å². The lowest BCUT2D eigenvalue weighted by Gasteiger charge is -2.58. The maximum absolute atomic E-state index is 14.1. The standard InChI is InChI=1S/C62H106O4/c1-8-10-12-14-16-18-20-22-24-26-28-30-43-64-54-45-51(46-55(48-54)65-44-31-29-27-25-23-21-19-17-15-13-11-9-2)60(63)66-53-39-41-61(6)52(47-53)35-36-56-58-38-37-57(50(5)34-32-33-49(3)4)62(58,7)42-40-59(56)61/h35,45-46,48-50,53,56-59H,8-34,36-44,47H2,1-7H3/t50-,53+,56+,57-,58+,59+,61+,62-/m1/s1. The van der Waals surface area contributed by atoms with Crippen LogP contribution in [0.3, 0.4) is 0 Å². The fraction of sp³-hybridized carbons (Fsp3) is 0.855. The third-order valence-electron chi connectivity index (χ3n) is 18.2. The summed E-state index contributed by atoms with van der Waals surface area (Å²) >= 11 is 0. The van der Waals surface area contributed by atoms with Gasteiger partial charge in [0.15, 0.2) is 0 Å². The van der Waals surface area contributed by atoms with Crippen molar-refractivity contribution < 1.29 is 19.0 Å². The summed E-state index contributed by atoms with van der Waals surface area (Å²) in [5, 5.41) is 0. The molecule has 0 saturated heterocycles. The Morgan fingerprint density at radius 3 is 1.62 bits per heavy atom. The number of hydrogen-bond donors (Lipinski definition) is 0. The van der Waals surface area contributed by atoms with Gasteiger partial charge in [0.05, 0.1) is 18.8 Å². The Labute approximate surface area is 409 Å². The summed E-state index contributed by atoms with van der Waals surface area (Å²) in [5.41, 5.74) is 2.90. The van der Waals surface area contributed by atoms with Crippen LogP contribution < -0.4 is 9.47 Å². The number of carbonyl (C=O) groups is 1. The Hall–Kier alpha value is -1.97. The average molecular weight is 916 g/mol. The van der Waals surface area contributed by atoms with E-state index in [0.717, 1.165) is 79.1 Å².